The molecule has 0 saturated carbocycles. The summed E-state index contributed by atoms with van der Waals surface area (Å²) in [5, 5.41) is 4.52. The molecule has 0 atom stereocenters. The Hall–Kier alpha value is -1.66. The van der Waals surface area contributed by atoms with Crippen LogP contribution in [0.4, 0.5) is 0 Å². The van der Waals surface area contributed by atoms with Crippen molar-refractivity contribution in [3.8, 4) is 5.69 Å². The number of hydrogen-bond acceptors (Lipinski definition) is 4. The molecule has 5 nitrogen and oxygen atoms in total. The number of methoxy groups -OCH3 is 1. The molecule has 2 rings (SSSR count). The summed E-state index contributed by atoms with van der Waals surface area (Å²) < 4.78 is 6.03. The summed E-state index contributed by atoms with van der Waals surface area (Å²) in [7, 11) is 1.26. The Labute approximate surface area is 128 Å². The predicted octanol–water partition coefficient (Wildman–Crippen LogP) is 2.74. The first-order valence-electron chi connectivity index (χ1n) is 5.59. The van der Waals surface area contributed by atoms with Gasteiger partial charge in [0.15, 0.2) is 5.69 Å². The van der Waals surface area contributed by atoms with Crippen molar-refractivity contribution in [1.29, 1.82) is 0 Å². The van der Waals surface area contributed by atoms with E-state index in [4.69, 9.17) is 11.6 Å². The molecular formula is C13H10BrClN2O3. The lowest BCUT2D eigenvalue weighted by atomic mass is 10.2. The zero-order valence-corrected chi connectivity index (χ0v) is 13.0. The van der Waals surface area contributed by atoms with E-state index in [1.54, 1.807) is 31.2 Å². The van der Waals surface area contributed by atoms with Crippen LogP contribution in [-0.4, -0.2) is 22.9 Å². The summed E-state index contributed by atoms with van der Waals surface area (Å²) in [4.78, 5) is 23.9. The summed E-state index contributed by atoms with van der Waals surface area (Å²) in [6, 6.07) is 6.62. The number of carbonyl (C=O) groups excluding carboxylic acids is 1. The Morgan fingerprint density at radius 3 is 2.75 bits per heavy atom. The molecule has 1 heterocycles. The summed E-state index contributed by atoms with van der Waals surface area (Å²) >= 11 is 9.08. The highest BCUT2D eigenvalue weighted by Gasteiger charge is 2.19. The third-order valence-electron chi connectivity index (χ3n) is 2.70. The first-order chi connectivity index (χ1) is 9.45. The highest BCUT2D eigenvalue weighted by molar-refractivity contribution is 9.10. The maximum atomic E-state index is 12.2. The summed E-state index contributed by atoms with van der Waals surface area (Å²) in [6.45, 7) is 1.62. The molecule has 1 aromatic heterocycles. The van der Waals surface area contributed by atoms with E-state index in [1.807, 2.05) is 0 Å². The molecule has 0 spiro atoms. The largest absolute Gasteiger partial charge is 0.464 e. The van der Waals surface area contributed by atoms with Gasteiger partial charge in [-0.05, 0) is 41.1 Å². The number of rotatable bonds is 2. The molecule has 0 saturated heterocycles. The number of ether oxygens (including phenoxy) is 1. The molecule has 0 radical (unpaired) electrons. The summed E-state index contributed by atoms with van der Waals surface area (Å²) in [6.07, 6.45) is 0. The Morgan fingerprint density at radius 2 is 2.15 bits per heavy atom. The molecule has 7 heteroatoms. The van der Waals surface area contributed by atoms with Gasteiger partial charge in [-0.3, -0.25) is 4.79 Å². The molecule has 0 amide bonds. The van der Waals surface area contributed by atoms with Crippen LogP contribution in [0.3, 0.4) is 0 Å². The van der Waals surface area contributed by atoms with Gasteiger partial charge in [0.25, 0.3) is 5.56 Å². The van der Waals surface area contributed by atoms with Crippen molar-refractivity contribution < 1.29 is 9.53 Å². The second-order valence-electron chi connectivity index (χ2n) is 3.98. The van der Waals surface area contributed by atoms with E-state index < -0.39 is 5.97 Å². The fourth-order valence-corrected chi connectivity index (χ4v) is 2.19. The number of halogens is 2. The average Bonchev–Trinajstić information content (AvgIpc) is 2.44. The molecule has 20 heavy (non-hydrogen) atoms. The molecular weight excluding hydrogens is 348 g/mol. The van der Waals surface area contributed by atoms with Gasteiger partial charge in [0, 0.05) is 10.6 Å². The molecule has 0 N–H and O–H groups in total. The number of hydrogen-bond donors (Lipinski definition) is 0. The van der Waals surface area contributed by atoms with E-state index in [-0.39, 0.29) is 15.7 Å². The van der Waals surface area contributed by atoms with Crippen LogP contribution in [-0.2, 0) is 4.74 Å². The highest BCUT2D eigenvalue weighted by atomic mass is 79.9. The van der Waals surface area contributed by atoms with Crippen LogP contribution >= 0.6 is 27.5 Å². The molecule has 0 aliphatic heterocycles. The zero-order chi connectivity index (χ0) is 14.9. The third kappa shape index (κ3) is 2.62. The first-order valence-corrected chi connectivity index (χ1v) is 6.76. The van der Waals surface area contributed by atoms with Gasteiger partial charge in [-0.2, -0.15) is 9.78 Å². The number of esters is 1. The molecule has 0 aliphatic rings. The minimum absolute atomic E-state index is 0.0685. The van der Waals surface area contributed by atoms with Gasteiger partial charge in [-0.25, -0.2) is 4.79 Å². The maximum Gasteiger partial charge on any atom is 0.358 e. The maximum absolute atomic E-state index is 12.2. The first kappa shape index (κ1) is 14.7. The fraction of sp³-hybridized carbons (Fsp3) is 0.154. The van der Waals surface area contributed by atoms with Crippen molar-refractivity contribution in [2.24, 2.45) is 0 Å². The third-order valence-corrected chi connectivity index (χ3v) is 3.87. The Kier molecular flexibility index (Phi) is 4.25. The van der Waals surface area contributed by atoms with E-state index in [9.17, 15) is 9.59 Å². The van der Waals surface area contributed by atoms with Crippen molar-refractivity contribution in [2.75, 3.05) is 7.11 Å². The minimum Gasteiger partial charge on any atom is -0.464 e. The Morgan fingerprint density at radius 1 is 1.45 bits per heavy atom. The summed E-state index contributed by atoms with van der Waals surface area (Å²) in [5.41, 5.74) is 0.588. The zero-order valence-electron chi connectivity index (χ0n) is 10.7. The number of carbonyl (C=O) groups is 1. The quantitative estimate of drug-likeness (QED) is 0.775. The predicted molar refractivity (Wildman–Crippen MR) is 78.6 cm³/mol. The van der Waals surface area contributed by atoms with Gasteiger partial charge in [0.1, 0.15) is 0 Å². The van der Waals surface area contributed by atoms with Crippen LogP contribution in [0, 0.1) is 6.92 Å². The van der Waals surface area contributed by atoms with E-state index in [0.717, 1.165) is 4.68 Å². The van der Waals surface area contributed by atoms with E-state index in [0.29, 0.717) is 16.3 Å². The van der Waals surface area contributed by atoms with Gasteiger partial charge >= 0.3 is 5.97 Å². The Bertz CT molecular complexity index is 743. The fourth-order valence-electron chi connectivity index (χ4n) is 1.65. The lowest BCUT2D eigenvalue weighted by molar-refractivity contribution is 0.0590. The van der Waals surface area contributed by atoms with Crippen molar-refractivity contribution in [1.82, 2.24) is 9.78 Å². The van der Waals surface area contributed by atoms with Gasteiger partial charge < -0.3 is 4.74 Å². The lowest BCUT2D eigenvalue weighted by Crippen LogP contribution is -2.26. The molecule has 104 valence electrons. The SMILES string of the molecule is COC(=O)c1nn(-c2cccc(Cl)c2)c(=O)c(Br)c1C. The Balaban J connectivity index is 2.74. The van der Waals surface area contributed by atoms with Gasteiger partial charge in [0.2, 0.25) is 0 Å². The van der Waals surface area contributed by atoms with Crippen LogP contribution in [0.2, 0.25) is 5.02 Å². The molecule has 0 aliphatic carbocycles. The lowest BCUT2D eigenvalue weighted by Gasteiger charge is -2.10. The second-order valence-corrected chi connectivity index (χ2v) is 5.21. The summed E-state index contributed by atoms with van der Waals surface area (Å²) in [5.74, 6) is -0.612. The number of nitrogens with zero attached hydrogens (tertiary/aromatic N) is 2. The monoisotopic (exact) mass is 356 g/mol. The van der Waals surface area contributed by atoms with Gasteiger partial charge in [0.05, 0.1) is 17.3 Å². The van der Waals surface area contributed by atoms with Crippen molar-refractivity contribution in [2.45, 2.75) is 6.92 Å². The molecule has 0 unspecified atom stereocenters. The topological polar surface area (TPSA) is 61.2 Å². The molecule has 0 bridgehead atoms. The van der Waals surface area contributed by atoms with Gasteiger partial charge in [-0.15, -0.1) is 0 Å². The van der Waals surface area contributed by atoms with Crippen LogP contribution in [0.25, 0.3) is 5.69 Å². The molecule has 0 fully saturated rings. The molecule has 2 aromatic rings. The highest BCUT2D eigenvalue weighted by Crippen LogP contribution is 2.18. The van der Waals surface area contributed by atoms with E-state index >= 15 is 0 Å². The van der Waals surface area contributed by atoms with E-state index in [2.05, 4.69) is 25.8 Å². The van der Waals surface area contributed by atoms with E-state index in [1.165, 1.54) is 7.11 Å². The van der Waals surface area contributed by atoms with Crippen LogP contribution in [0.5, 0.6) is 0 Å². The second kappa shape index (κ2) is 5.76. The average molecular weight is 358 g/mol. The van der Waals surface area contributed by atoms with Crippen LogP contribution in [0.15, 0.2) is 33.5 Å². The smallest absolute Gasteiger partial charge is 0.358 e. The normalized spacial score (nSPS) is 10.4. The number of benzene rings is 1. The van der Waals surface area contributed by atoms with Gasteiger partial charge in [-0.1, -0.05) is 17.7 Å². The van der Waals surface area contributed by atoms with Crippen LogP contribution in [0.1, 0.15) is 16.1 Å². The standard InChI is InChI=1S/C13H10BrClN2O3/c1-7-10(14)12(18)17(16-11(7)13(19)20-2)9-5-3-4-8(15)6-9/h3-6H,1-2H3. The van der Waals surface area contributed by atoms with Crippen molar-refractivity contribution in [3.05, 3.63) is 55.4 Å². The van der Waals surface area contributed by atoms with Crippen LogP contribution < -0.4 is 5.56 Å². The van der Waals surface area contributed by atoms with Crippen molar-refractivity contribution in [3.63, 3.8) is 0 Å². The molecule has 1 aromatic carbocycles. The number of aromatic nitrogens is 2. The van der Waals surface area contributed by atoms with Crippen molar-refractivity contribution >= 4 is 33.5 Å². The minimum atomic E-state index is -0.612.